The quantitative estimate of drug-likeness (QED) is 0.675. The first-order chi connectivity index (χ1) is 13.1. The van der Waals surface area contributed by atoms with Gasteiger partial charge in [0.1, 0.15) is 5.82 Å². The molecule has 1 N–H and O–H groups in total. The highest BCUT2D eigenvalue weighted by Crippen LogP contribution is 2.20. The van der Waals surface area contributed by atoms with Gasteiger partial charge in [-0.3, -0.25) is 4.79 Å². The van der Waals surface area contributed by atoms with Gasteiger partial charge in [0.05, 0.1) is 0 Å². The zero-order chi connectivity index (χ0) is 19.2. The Morgan fingerprint density at radius 2 is 1.85 bits per heavy atom. The summed E-state index contributed by atoms with van der Waals surface area (Å²) in [5.74, 6) is 0.675. The number of hydrogen-bond acceptors (Lipinski definition) is 3. The van der Waals surface area contributed by atoms with E-state index >= 15 is 0 Å². The number of rotatable bonds is 6. The van der Waals surface area contributed by atoms with Crippen LogP contribution in [0.3, 0.4) is 0 Å². The predicted octanol–water partition coefficient (Wildman–Crippen LogP) is 4.98. The van der Waals surface area contributed by atoms with Crippen molar-refractivity contribution >= 4 is 17.4 Å². The number of aromatic nitrogens is 1. The van der Waals surface area contributed by atoms with E-state index in [1.165, 1.54) is 11.1 Å². The standard InChI is InChI=1S/C23H25N3O/c1-4-26(21-11-7-8-17(2)14-21)23(27)19-12-13-24-22(15-19)25-16-20-10-6-5-9-18(20)3/h5-15H,4,16H2,1-3H3,(H,24,25). The van der Waals surface area contributed by atoms with Crippen molar-refractivity contribution in [3.8, 4) is 0 Å². The Labute approximate surface area is 160 Å². The van der Waals surface area contributed by atoms with E-state index in [1.807, 2.05) is 56.3 Å². The monoisotopic (exact) mass is 359 g/mol. The number of nitrogens with one attached hydrogen (secondary N) is 1. The Bertz CT molecular complexity index is 936. The first-order valence-electron chi connectivity index (χ1n) is 9.21. The highest BCUT2D eigenvalue weighted by atomic mass is 16.2. The zero-order valence-electron chi connectivity index (χ0n) is 16.1. The molecule has 0 spiro atoms. The summed E-state index contributed by atoms with van der Waals surface area (Å²) in [6.45, 7) is 7.38. The number of carbonyl (C=O) groups excluding carboxylic acids is 1. The van der Waals surface area contributed by atoms with E-state index in [2.05, 4.69) is 29.4 Å². The molecule has 3 aromatic rings. The Morgan fingerprint density at radius 3 is 2.59 bits per heavy atom. The van der Waals surface area contributed by atoms with Crippen molar-refractivity contribution in [2.75, 3.05) is 16.8 Å². The lowest BCUT2D eigenvalue weighted by molar-refractivity contribution is 0.0988. The molecule has 0 radical (unpaired) electrons. The van der Waals surface area contributed by atoms with Crippen molar-refractivity contribution in [2.45, 2.75) is 27.3 Å². The van der Waals surface area contributed by atoms with Crippen LogP contribution in [-0.2, 0) is 6.54 Å². The summed E-state index contributed by atoms with van der Waals surface area (Å²) in [7, 11) is 0. The minimum absolute atomic E-state index is 0.0237. The molecule has 0 atom stereocenters. The molecule has 138 valence electrons. The van der Waals surface area contributed by atoms with Crippen molar-refractivity contribution in [3.05, 3.63) is 89.1 Å². The fourth-order valence-corrected chi connectivity index (χ4v) is 3.05. The Morgan fingerprint density at radius 1 is 1.04 bits per heavy atom. The Balaban J connectivity index is 1.77. The minimum atomic E-state index is -0.0237. The third-order valence-electron chi connectivity index (χ3n) is 4.60. The molecule has 0 aliphatic heterocycles. The zero-order valence-corrected chi connectivity index (χ0v) is 16.1. The van der Waals surface area contributed by atoms with Crippen LogP contribution in [0.5, 0.6) is 0 Å². The number of amides is 1. The van der Waals surface area contributed by atoms with Crippen LogP contribution in [0.25, 0.3) is 0 Å². The number of aryl methyl sites for hydroxylation is 2. The van der Waals surface area contributed by atoms with Gasteiger partial charge in [0.2, 0.25) is 0 Å². The van der Waals surface area contributed by atoms with Gasteiger partial charge in [-0.2, -0.15) is 0 Å². The first-order valence-corrected chi connectivity index (χ1v) is 9.21. The average Bonchev–Trinajstić information content (AvgIpc) is 2.68. The van der Waals surface area contributed by atoms with Crippen LogP contribution in [-0.4, -0.2) is 17.4 Å². The normalized spacial score (nSPS) is 10.5. The van der Waals surface area contributed by atoms with Crippen LogP contribution in [0.2, 0.25) is 0 Å². The van der Waals surface area contributed by atoms with Crippen LogP contribution in [0.1, 0.15) is 34.0 Å². The van der Waals surface area contributed by atoms with E-state index < -0.39 is 0 Å². The van der Waals surface area contributed by atoms with Crippen molar-refractivity contribution in [2.24, 2.45) is 0 Å². The average molecular weight is 359 g/mol. The van der Waals surface area contributed by atoms with E-state index in [1.54, 1.807) is 17.2 Å². The second-order valence-electron chi connectivity index (χ2n) is 6.60. The summed E-state index contributed by atoms with van der Waals surface area (Å²) >= 11 is 0. The maximum atomic E-state index is 13.0. The van der Waals surface area contributed by atoms with E-state index in [0.717, 1.165) is 11.3 Å². The molecule has 0 fully saturated rings. The second-order valence-corrected chi connectivity index (χ2v) is 6.60. The molecule has 1 amide bonds. The van der Waals surface area contributed by atoms with Crippen LogP contribution >= 0.6 is 0 Å². The van der Waals surface area contributed by atoms with Gasteiger partial charge < -0.3 is 10.2 Å². The van der Waals surface area contributed by atoms with Crippen molar-refractivity contribution < 1.29 is 4.79 Å². The molecule has 4 nitrogen and oxygen atoms in total. The molecule has 1 aromatic heterocycles. The molecule has 0 bridgehead atoms. The lowest BCUT2D eigenvalue weighted by atomic mass is 10.1. The molecule has 0 saturated carbocycles. The summed E-state index contributed by atoms with van der Waals surface area (Å²) in [5, 5.41) is 3.32. The van der Waals surface area contributed by atoms with Gasteiger partial charge in [-0.1, -0.05) is 36.4 Å². The summed E-state index contributed by atoms with van der Waals surface area (Å²) in [5.41, 5.74) is 5.11. The molecule has 0 aliphatic rings. The topological polar surface area (TPSA) is 45.2 Å². The van der Waals surface area contributed by atoms with Crippen LogP contribution in [0.15, 0.2) is 66.9 Å². The number of nitrogens with zero attached hydrogens (tertiary/aromatic N) is 2. The van der Waals surface area contributed by atoms with Gasteiger partial charge in [0.25, 0.3) is 5.91 Å². The van der Waals surface area contributed by atoms with Crippen LogP contribution < -0.4 is 10.2 Å². The molecular weight excluding hydrogens is 334 g/mol. The summed E-state index contributed by atoms with van der Waals surface area (Å²) < 4.78 is 0. The molecule has 0 aliphatic carbocycles. The smallest absolute Gasteiger partial charge is 0.258 e. The highest BCUT2D eigenvalue weighted by molar-refractivity contribution is 6.06. The first kappa shape index (κ1) is 18.6. The summed E-state index contributed by atoms with van der Waals surface area (Å²) in [6, 6.07) is 19.8. The summed E-state index contributed by atoms with van der Waals surface area (Å²) in [4.78, 5) is 19.2. The second kappa shape index (κ2) is 8.49. The number of pyridine rings is 1. The Hall–Kier alpha value is -3.14. The maximum Gasteiger partial charge on any atom is 0.258 e. The highest BCUT2D eigenvalue weighted by Gasteiger charge is 2.17. The van der Waals surface area contributed by atoms with E-state index in [-0.39, 0.29) is 5.91 Å². The third-order valence-corrected chi connectivity index (χ3v) is 4.60. The van der Waals surface area contributed by atoms with Gasteiger partial charge >= 0.3 is 0 Å². The molecule has 4 heteroatoms. The molecule has 2 aromatic carbocycles. The van der Waals surface area contributed by atoms with Gasteiger partial charge in [-0.05, 0) is 61.7 Å². The Kier molecular flexibility index (Phi) is 5.87. The molecular formula is C23H25N3O. The van der Waals surface area contributed by atoms with Gasteiger partial charge in [-0.25, -0.2) is 4.98 Å². The lowest BCUT2D eigenvalue weighted by Gasteiger charge is -2.22. The van der Waals surface area contributed by atoms with E-state index in [4.69, 9.17) is 0 Å². The van der Waals surface area contributed by atoms with Crippen molar-refractivity contribution in [1.82, 2.24) is 4.98 Å². The number of anilines is 2. The van der Waals surface area contributed by atoms with Gasteiger partial charge in [0, 0.05) is 30.5 Å². The predicted molar refractivity (Wildman–Crippen MR) is 111 cm³/mol. The molecule has 3 rings (SSSR count). The van der Waals surface area contributed by atoms with E-state index in [0.29, 0.717) is 24.5 Å². The number of carbonyl (C=O) groups is 1. The molecule has 1 heterocycles. The lowest BCUT2D eigenvalue weighted by Crippen LogP contribution is -2.30. The van der Waals surface area contributed by atoms with Gasteiger partial charge in [-0.15, -0.1) is 0 Å². The maximum absolute atomic E-state index is 13.0. The van der Waals surface area contributed by atoms with Crippen molar-refractivity contribution in [1.29, 1.82) is 0 Å². The molecule has 0 unspecified atom stereocenters. The third kappa shape index (κ3) is 4.53. The fourth-order valence-electron chi connectivity index (χ4n) is 3.05. The summed E-state index contributed by atoms with van der Waals surface area (Å²) in [6.07, 6.45) is 1.68. The SMILES string of the molecule is CCN(C(=O)c1ccnc(NCc2ccccc2C)c1)c1cccc(C)c1. The fraction of sp³-hybridized carbons (Fsp3) is 0.217. The molecule has 0 saturated heterocycles. The van der Waals surface area contributed by atoms with E-state index in [9.17, 15) is 4.79 Å². The largest absolute Gasteiger partial charge is 0.366 e. The molecule has 27 heavy (non-hydrogen) atoms. The van der Waals surface area contributed by atoms with Crippen molar-refractivity contribution in [3.63, 3.8) is 0 Å². The van der Waals surface area contributed by atoms with Gasteiger partial charge in [0.15, 0.2) is 0 Å². The minimum Gasteiger partial charge on any atom is -0.366 e. The number of hydrogen-bond donors (Lipinski definition) is 1. The van der Waals surface area contributed by atoms with Crippen LogP contribution in [0.4, 0.5) is 11.5 Å². The number of benzene rings is 2. The van der Waals surface area contributed by atoms with Crippen LogP contribution in [0, 0.1) is 13.8 Å².